The predicted molar refractivity (Wildman–Crippen MR) is 102 cm³/mol. The van der Waals surface area contributed by atoms with Gasteiger partial charge in [-0.3, -0.25) is 9.69 Å². The molecule has 124 valence electrons. The van der Waals surface area contributed by atoms with E-state index < -0.39 is 0 Å². The normalized spacial score (nSPS) is 16.8. The lowest BCUT2D eigenvalue weighted by Crippen LogP contribution is -2.27. The molecule has 0 bridgehead atoms. The maximum absolute atomic E-state index is 12.4. The Balaban J connectivity index is 2.44. The highest BCUT2D eigenvalue weighted by molar-refractivity contribution is 8.26. The van der Waals surface area contributed by atoms with Crippen LogP contribution in [0.4, 0.5) is 0 Å². The first-order valence-corrected chi connectivity index (χ1v) is 9.14. The van der Waals surface area contributed by atoms with Crippen molar-refractivity contribution in [3.8, 4) is 5.75 Å². The van der Waals surface area contributed by atoms with Crippen molar-refractivity contribution in [1.82, 2.24) is 4.90 Å². The van der Waals surface area contributed by atoms with E-state index in [9.17, 15) is 4.79 Å². The SMILES string of the molecule is CCOc1cc(C)c(/C=C2\SC(=S)N(CC)C2=O)cc1C(C)C. The first-order chi connectivity index (χ1) is 10.9. The summed E-state index contributed by atoms with van der Waals surface area (Å²) in [4.78, 5) is 14.7. The van der Waals surface area contributed by atoms with Crippen LogP contribution in [0.25, 0.3) is 6.08 Å². The summed E-state index contributed by atoms with van der Waals surface area (Å²) in [7, 11) is 0. The summed E-state index contributed by atoms with van der Waals surface area (Å²) in [5, 5.41) is 0. The van der Waals surface area contributed by atoms with Gasteiger partial charge in [0.1, 0.15) is 10.1 Å². The number of hydrogen-bond donors (Lipinski definition) is 0. The Bertz CT molecular complexity index is 665. The number of carbonyl (C=O) groups is 1. The molecule has 1 fully saturated rings. The quantitative estimate of drug-likeness (QED) is 0.567. The van der Waals surface area contributed by atoms with Gasteiger partial charge in [0, 0.05) is 6.54 Å². The lowest BCUT2D eigenvalue weighted by atomic mass is 9.96. The van der Waals surface area contributed by atoms with Crippen LogP contribution in [-0.4, -0.2) is 28.3 Å². The number of thiocarbonyl (C=S) groups is 1. The molecule has 0 saturated carbocycles. The van der Waals surface area contributed by atoms with E-state index in [-0.39, 0.29) is 5.91 Å². The summed E-state index contributed by atoms with van der Waals surface area (Å²) in [5.74, 6) is 1.29. The van der Waals surface area contributed by atoms with Crippen LogP contribution in [0.15, 0.2) is 17.0 Å². The molecule has 0 atom stereocenters. The van der Waals surface area contributed by atoms with Crippen LogP contribution in [0, 0.1) is 6.92 Å². The molecule has 0 aliphatic carbocycles. The van der Waals surface area contributed by atoms with E-state index >= 15 is 0 Å². The Morgan fingerprint density at radius 3 is 2.57 bits per heavy atom. The second-order valence-electron chi connectivity index (χ2n) is 5.76. The van der Waals surface area contributed by atoms with Crippen molar-refractivity contribution in [2.45, 2.75) is 40.5 Å². The van der Waals surface area contributed by atoms with Gasteiger partial charge < -0.3 is 4.74 Å². The third kappa shape index (κ3) is 3.78. The molecule has 0 unspecified atom stereocenters. The van der Waals surface area contributed by atoms with E-state index in [0.29, 0.717) is 28.3 Å². The molecule has 2 rings (SSSR count). The number of carbonyl (C=O) groups excluding carboxylic acids is 1. The predicted octanol–water partition coefficient (Wildman–Crippen LogP) is 4.74. The van der Waals surface area contributed by atoms with Gasteiger partial charge in [0.2, 0.25) is 0 Å². The second-order valence-corrected chi connectivity index (χ2v) is 7.44. The molecule has 0 N–H and O–H groups in total. The van der Waals surface area contributed by atoms with E-state index in [1.807, 2.05) is 26.8 Å². The molecule has 3 nitrogen and oxygen atoms in total. The van der Waals surface area contributed by atoms with Gasteiger partial charge in [0.25, 0.3) is 5.91 Å². The molecular formula is C18H23NO2S2. The van der Waals surface area contributed by atoms with Crippen LogP contribution >= 0.6 is 24.0 Å². The van der Waals surface area contributed by atoms with Crippen LogP contribution in [0.3, 0.4) is 0 Å². The number of aryl methyl sites for hydroxylation is 1. The van der Waals surface area contributed by atoms with E-state index in [1.54, 1.807) is 4.90 Å². The van der Waals surface area contributed by atoms with Crippen molar-refractivity contribution in [3.63, 3.8) is 0 Å². The van der Waals surface area contributed by atoms with Crippen molar-refractivity contribution >= 4 is 40.3 Å². The number of hydrogen-bond acceptors (Lipinski definition) is 4. The van der Waals surface area contributed by atoms with Crippen molar-refractivity contribution in [1.29, 1.82) is 0 Å². The molecule has 1 amide bonds. The van der Waals surface area contributed by atoms with Gasteiger partial charge in [-0.2, -0.15) is 0 Å². The maximum atomic E-state index is 12.4. The van der Waals surface area contributed by atoms with Gasteiger partial charge >= 0.3 is 0 Å². The minimum absolute atomic E-state index is 0.00174. The fraction of sp³-hybridized carbons (Fsp3) is 0.444. The Morgan fingerprint density at radius 1 is 1.35 bits per heavy atom. The molecule has 0 spiro atoms. The van der Waals surface area contributed by atoms with E-state index in [2.05, 4.69) is 26.0 Å². The monoisotopic (exact) mass is 349 g/mol. The summed E-state index contributed by atoms with van der Waals surface area (Å²) in [5.41, 5.74) is 3.31. The third-order valence-corrected chi connectivity index (χ3v) is 5.17. The average molecular weight is 350 g/mol. The highest BCUT2D eigenvalue weighted by atomic mass is 32.2. The first-order valence-electron chi connectivity index (χ1n) is 7.91. The zero-order chi connectivity index (χ0) is 17.1. The van der Waals surface area contributed by atoms with Crippen molar-refractivity contribution in [3.05, 3.63) is 33.7 Å². The highest BCUT2D eigenvalue weighted by Gasteiger charge is 2.30. The summed E-state index contributed by atoms with van der Waals surface area (Å²) in [6.45, 7) is 11.5. The molecule has 1 aromatic rings. The fourth-order valence-electron chi connectivity index (χ4n) is 2.52. The van der Waals surface area contributed by atoms with Crippen LogP contribution in [0.1, 0.15) is 50.3 Å². The molecular weight excluding hydrogens is 326 g/mol. The molecule has 1 heterocycles. The third-order valence-electron chi connectivity index (χ3n) is 3.80. The summed E-state index contributed by atoms with van der Waals surface area (Å²) < 4.78 is 6.39. The highest BCUT2D eigenvalue weighted by Crippen LogP contribution is 2.35. The first kappa shape index (κ1) is 18.0. The number of thioether (sulfide) groups is 1. The molecule has 1 saturated heterocycles. The Morgan fingerprint density at radius 2 is 2.04 bits per heavy atom. The van der Waals surface area contributed by atoms with Gasteiger partial charge in [-0.25, -0.2) is 0 Å². The van der Waals surface area contributed by atoms with Crippen molar-refractivity contribution in [2.75, 3.05) is 13.2 Å². The van der Waals surface area contributed by atoms with E-state index in [0.717, 1.165) is 22.4 Å². The number of benzene rings is 1. The molecule has 5 heteroatoms. The topological polar surface area (TPSA) is 29.5 Å². The number of nitrogens with zero attached hydrogens (tertiary/aromatic N) is 1. The van der Waals surface area contributed by atoms with Crippen molar-refractivity contribution < 1.29 is 9.53 Å². The molecule has 1 aromatic carbocycles. The van der Waals surface area contributed by atoms with Crippen LogP contribution in [0.5, 0.6) is 5.75 Å². The molecule has 1 aliphatic rings. The van der Waals surface area contributed by atoms with Crippen LogP contribution in [-0.2, 0) is 4.79 Å². The Hall–Kier alpha value is -1.33. The minimum atomic E-state index is 0.00174. The zero-order valence-electron chi connectivity index (χ0n) is 14.3. The smallest absolute Gasteiger partial charge is 0.266 e. The van der Waals surface area contributed by atoms with Crippen molar-refractivity contribution in [2.24, 2.45) is 0 Å². The lowest BCUT2D eigenvalue weighted by molar-refractivity contribution is -0.121. The number of rotatable bonds is 5. The largest absolute Gasteiger partial charge is 0.494 e. The summed E-state index contributed by atoms with van der Waals surface area (Å²) in [6, 6.07) is 4.19. The molecule has 1 aliphatic heterocycles. The standard InChI is InChI=1S/C18H23NO2S2/c1-6-19-17(20)16(23-18(19)22)10-13-9-14(11(3)4)15(21-7-2)8-12(13)5/h8-11H,6-7H2,1-5H3/b16-10-. The molecule has 0 radical (unpaired) electrons. The molecule has 23 heavy (non-hydrogen) atoms. The average Bonchev–Trinajstić information content (AvgIpc) is 2.75. The number of ether oxygens (including phenoxy) is 1. The lowest BCUT2D eigenvalue weighted by Gasteiger charge is -2.16. The Labute approximate surface area is 148 Å². The van der Waals surface area contributed by atoms with Crippen LogP contribution in [0.2, 0.25) is 0 Å². The van der Waals surface area contributed by atoms with Gasteiger partial charge in [0.15, 0.2) is 0 Å². The van der Waals surface area contributed by atoms with Gasteiger partial charge in [0.05, 0.1) is 11.5 Å². The van der Waals surface area contributed by atoms with E-state index in [1.165, 1.54) is 11.8 Å². The minimum Gasteiger partial charge on any atom is -0.494 e. The van der Waals surface area contributed by atoms with Gasteiger partial charge in [-0.15, -0.1) is 0 Å². The zero-order valence-corrected chi connectivity index (χ0v) is 15.9. The number of amides is 1. The van der Waals surface area contributed by atoms with Gasteiger partial charge in [-0.1, -0.05) is 37.8 Å². The Kier molecular flexibility index (Phi) is 5.87. The summed E-state index contributed by atoms with van der Waals surface area (Å²) in [6.07, 6.45) is 1.95. The fourth-order valence-corrected chi connectivity index (χ4v) is 3.89. The van der Waals surface area contributed by atoms with E-state index in [4.69, 9.17) is 17.0 Å². The number of likely N-dealkylation sites (N-methyl/N-ethyl adjacent to an activating group) is 1. The molecule has 0 aromatic heterocycles. The van der Waals surface area contributed by atoms with Crippen LogP contribution < -0.4 is 4.74 Å². The van der Waals surface area contributed by atoms with Gasteiger partial charge in [-0.05, 0) is 61.6 Å². The maximum Gasteiger partial charge on any atom is 0.266 e. The second kappa shape index (κ2) is 7.49. The summed E-state index contributed by atoms with van der Waals surface area (Å²) >= 11 is 6.65.